The molecule has 3 rings (SSSR count). The minimum Gasteiger partial charge on any atom is -0.385 e. The number of nitrogens with one attached hydrogen (secondary N) is 1. The van der Waals surface area contributed by atoms with Crippen molar-refractivity contribution >= 4 is 0 Å². The Morgan fingerprint density at radius 3 is 2.25 bits per heavy atom. The molecule has 86 valence electrons. The maximum atomic E-state index is 12.9. The summed E-state index contributed by atoms with van der Waals surface area (Å²) < 4.78 is 12.9. The molecule has 2 atom stereocenters. The lowest BCUT2D eigenvalue weighted by molar-refractivity contribution is -0.0115. The van der Waals surface area contributed by atoms with Crippen molar-refractivity contribution in [3.63, 3.8) is 0 Å². The molecule has 2 saturated heterocycles. The molecule has 2 bridgehead atoms. The van der Waals surface area contributed by atoms with E-state index in [-0.39, 0.29) is 5.82 Å². The van der Waals surface area contributed by atoms with E-state index in [1.54, 1.807) is 12.1 Å². The summed E-state index contributed by atoms with van der Waals surface area (Å²) >= 11 is 0. The van der Waals surface area contributed by atoms with Crippen LogP contribution in [0.25, 0.3) is 0 Å². The van der Waals surface area contributed by atoms with Gasteiger partial charge < -0.3 is 10.4 Å². The van der Waals surface area contributed by atoms with Crippen LogP contribution >= 0.6 is 0 Å². The summed E-state index contributed by atoms with van der Waals surface area (Å²) in [6, 6.07) is 7.12. The molecule has 0 saturated carbocycles. The van der Waals surface area contributed by atoms with Crippen LogP contribution in [0.2, 0.25) is 0 Å². The Labute approximate surface area is 94.5 Å². The highest BCUT2D eigenvalue weighted by atomic mass is 19.1. The third kappa shape index (κ3) is 1.64. The molecule has 0 amide bonds. The number of aliphatic hydroxyl groups is 1. The standard InChI is InChI=1S/C13H16FNO/c14-10-3-1-9(2-4-10)13(16)7-11-5-6-12(8-13)15-11/h1-4,11-12,15-16H,5-8H2. The molecule has 1 aromatic carbocycles. The molecule has 3 heteroatoms. The van der Waals surface area contributed by atoms with Gasteiger partial charge in [0.2, 0.25) is 0 Å². The fourth-order valence-corrected chi connectivity index (χ4v) is 3.12. The molecule has 2 aliphatic rings. The Morgan fingerprint density at radius 1 is 1.12 bits per heavy atom. The number of fused-ring (bicyclic) bond motifs is 2. The van der Waals surface area contributed by atoms with E-state index in [0.29, 0.717) is 12.1 Å². The minimum absolute atomic E-state index is 0.246. The molecular weight excluding hydrogens is 205 g/mol. The maximum absolute atomic E-state index is 12.9. The summed E-state index contributed by atoms with van der Waals surface area (Å²) in [5.41, 5.74) is 0.0948. The fourth-order valence-electron chi connectivity index (χ4n) is 3.12. The normalized spacial score (nSPS) is 37.6. The van der Waals surface area contributed by atoms with Gasteiger partial charge in [0.15, 0.2) is 0 Å². The van der Waals surface area contributed by atoms with Crippen LogP contribution in [0.1, 0.15) is 31.2 Å². The van der Waals surface area contributed by atoms with E-state index in [2.05, 4.69) is 5.32 Å². The lowest BCUT2D eigenvalue weighted by atomic mass is 9.81. The summed E-state index contributed by atoms with van der Waals surface area (Å²) in [7, 11) is 0. The zero-order valence-electron chi connectivity index (χ0n) is 9.12. The molecule has 2 aliphatic heterocycles. The summed E-state index contributed by atoms with van der Waals surface area (Å²) in [6.45, 7) is 0. The number of benzene rings is 1. The molecular formula is C13H16FNO. The van der Waals surface area contributed by atoms with Crippen LogP contribution < -0.4 is 5.32 Å². The lowest BCUT2D eigenvalue weighted by Crippen LogP contribution is -2.46. The first-order chi connectivity index (χ1) is 7.66. The SMILES string of the molecule is OC1(c2ccc(F)cc2)CC2CCC(C1)N2. The largest absolute Gasteiger partial charge is 0.385 e. The Kier molecular flexibility index (Phi) is 2.26. The molecule has 16 heavy (non-hydrogen) atoms. The average molecular weight is 221 g/mol. The maximum Gasteiger partial charge on any atom is 0.123 e. The molecule has 2 nitrogen and oxygen atoms in total. The average Bonchev–Trinajstić information content (AvgIpc) is 2.59. The van der Waals surface area contributed by atoms with Gasteiger partial charge >= 0.3 is 0 Å². The smallest absolute Gasteiger partial charge is 0.123 e. The zero-order valence-corrected chi connectivity index (χ0v) is 9.12. The van der Waals surface area contributed by atoms with Crippen LogP contribution in [0, 0.1) is 5.82 Å². The predicted octanol–water partition coefficient (Wildman–Crippen LogP) is 1.93. The van der Waals surface area contributed by atoms with E-state index < -0.39 is 5.60 Å². The van der Waals surface area contributed by atoms with Crippen LogP contribution in [0.4, 0.5) is 4.39 Å². The van der Waals surface area contributed by atoms with Crippen molar-refractivity contribution in [3.05, 3.63) is 35.6 Å². The van der Waals surface area contributed by atoms with Crippen LogP contribution in [-0.2, 0) is 5.60 Å². The van der Waals surface area contributed by atoms with Crippen LogP contribution in [-0.4, -0.2) is 17.2 Å². The third-order valence-electron chi connectivity index (χ3n) is 3.88. The predicted molar refractivity (Wildman–Crippen MR) is 59.5 cm³/mol. The molecule has 2 unspecified atom stereocenters. The van der Waals surface area contributed by atoms with Gasteiger partial charge in [-0.25, -0.2) is 4.39 Å². The topological polar surface area (TPSA) is 32.3 Å². The van der Waals surface area contributed by atoms with Gasteiger partial charge in [-0.15, -0.1) is 0 Å². The molecule has 0 aromatic heterocycles. The van der Waals surface area contributed by atoms with Crippen molar-refractivity contribution in [2.75, 3.05) is 0 Å². The molecule has 0 aliphatic carbocycles. The van der Waals surface area contributed by atoms with Crippen LogP contribution in [0.3, 0.4) is 0 Å². The number of rotatable bonds is 1. The van der Waals surface area contributed by atoms with Gasteiger partial charge in [-0.3, -0.25) is 0 Å². The molecule has 2 N–H and O–H groups in total. The first kappa shape index (κ1) is 10.2. The zero-order chi connectivity index (χ0) is 11.2. The van der Waals surface area contributed by atoms with Gasteiger partial charge in [0.1, 0.15) is 5.82 Å². The van der Waals surface area contributed by atoms with E-state index >= 15 is 0 Å². The van der Waals surface area contributed by atoms with Crippen molar-refractivity contribution in [2.45, 2.75) is 43.4 Å². The second-order valence-corrected chi connectivity index (χ2v) is 5.08. The first-order valence-electron chi connectivity index (χ1n) is 5.90. The van der Waals surface area contributed by atoms with Crippen molar-refractivity contribution < 1.29 is 9.50 Å². The van der Waals surface area contributed by atoms with Gasteiger partial charge in [-0.05, 0) is 43.4 Å². The molecule has 0 spiro atoms. The van der Waals surface area contributed by atoms with E-state index in [0.717, 1.165) is 31.2 Å². The monoisotopic (exact) mass is 221 g/mol. The van der Waals surface area contributed by atoms with Crippen molar-refractivity contribution in [2.24, 2.45) is 0 Å². The Balaban J connectivity index is 1.90. The summed E-state index contributed by atoms with van der Waals surface area (Å²) in [6.07, 6.45) is 3.78. The van der Waals surface area contributed by atoms with Crippen molar-refractivity contribution in [1.29, 1.82) is 0 Å². The van der Waals surface area contributed by atoms with Gasteiger partial charge in [0.25, 0.3) is 0 Å². The van der Waals surface area contributed by atoms with E-state index in [4.69, 9.17) is 0 Å². The van der Waals surface area contributed by atoms with Gasteiger partial charge in [0.05, 0.1) is 5.60 Å². The van der Waals surface area contributed by atoms with E-state index in [1.807, 2.05) is 0 Å². The number of halogens is 1. The third-order valence-corrected chi connectivity index (χ3v) is 3.88. The van der Waals surface area contributed by atoms with Gasteiger partial charge in [0, 0.05) is 12.1 Å². The highest BCUT2D eigenvalue weighted by Gasteiger charge is 2.43. The summed E-state index contributed by atoms with van der Waals surface area (Å²) in [5, 5.41) is 14.1. The van der Waals surface area contributed by atoms with E-state index in [9.17, 15) is 9.50 Å². The fraction of sp³-hybridized carbons (Fsp3) is 0.538. The molecule has 2 fully saturated rings. The number of hydrogen-bond acceptors (Lipinski definition) is 2. The minimum atomic E-state index is -0.759. The highest BCUT2D eigenvalue weighted by Crippen LogP contribution is 2.40. The summed E-state index contributed by atoms with van der Waals surface area (Å²) in [5.74, 6) is -0.246. The second-order valence-electron chi connectivity index (χ2n) is 5.08. The van der Waals surface area contributed by atoms with Crippen LogP contribution in [0.15, 0.2) is 24.3 Å². The Bertz CT molecular complexity index is 377. The van der Waals surface area contributed by atoms with Gasteiger partial charge in [-0.1, -0.05) is 12.1 Å². The van der Waals surface area contributed by atoms with Crippen LogP contribution in [0.5, 0.6) is 0 Å². The molecule has 2 heterocycles. The van der Waals surface area contributed by atoms with Crippen molar-refractivity contribution in [1.82, 2.24) is 5.32 Å². The Hall–Kier alpha value is -0.930. The first-order valence-corrected chi connectivity index (χ1v) is 5.90. The number of piperidine rings is 1. The molecule has 1 aromatic rings. The van der Waals surface area contributed by atoms with Crippen molar-refractivity contribution in [3.8, 4) is 0 Å². The Morgan fingerprint density at radius 2 is 1.69 bits per heavy atom. The van der Waals surface area contributed by atoms with E-state index in [1.165, 1.54) is 12.1 Å². The number of hydrogen-bond donors (Lipinski definition) is 2. The second kappa shape index (κ2) is 3.54. The lowest BCUT2D eigenvalue weighted by Gasteiger charge is -2.37. The summed E-state index contributed by atoms with van der Waals surface area (Å²) in [4.78, 5) is 0. The molecule has 0 radical (unpaired) electrons. The quantitative estimate of drug-likeness (QED) is 0.759. The van der Waals surface area contributed by atoms with Gasteiger partial charge in [-0.2, -0.15) is 0 Å². The highest BCUT2D eigenvalue weighted by molar-refractivity contribution is 5.25.